The van der Waals surface area contributed by atoms with Crippen molar-refractivity contribution in [2.75, 3.05) is 6.54 Å². The number of aromatic nitrogens is 3. The van der Waals surface area contributed by atoms with Gasteiger partial charge in [-0.05, 0) is 23.6 Å². The monoisotopic (exact) mass is 351 g/mol. The topological polar surface area (TPSA) is 66.1 Å². The third-order valence-electron chi connectivity index (χ3n) is 3.88. The Kier molecular flexibility index (Phi) is 4.84. The van der Waals surface area contributed by atoms with E-state index in [-0.39, 0.29) is 5.41 Å². The average molecular weight is 351 g/mol. The zero-order valence-corrected chi connectivity index (χ0v) is 15.1. The van der Waals surface area contributed by atoms with Gasteiger partial charge in [0.05, 0.1) is 11.9 Å². The molecule has 3 aromatic heterocycles. The Morgan fingerprint density at radius 3 is 2.81 bits per heavy atom. The van der Waals surface area contributed by atoms with Crippen molar-refractivity contribution in [3.8, 4) is 11.3 Å². The molecule has 5 nitrogen and oxygen atoms in total. The fraction of sp³-hybridized carbons (Fsp3) is 0.250. The highest BCUT2D eigenvalue weighted by Crippen LogP contribution is 2.27. The van der Waals surface area contributed by atoms with Gasteiger partial charge in [0.15, 0.2) is 0 Å². The number of hydrogen-bond acceptors (Lipinski definition) is 4. The summed E-state index contributed by atoms with van der Waals surface area (Å²) < 4.78 is 15.8. The maximum atomic E-state index is 13.9. The molecule has 0 spiro atoms. The first-order valence-electron chi connectivity index (χ1n) is 8.40. The second-order valence-corrected chi connectivity index (χ2v) is 7.34. The first kappa shape index (κ1) is 17.8. The summed E-state index contributed by atoms with van der Waals surface area (Å²) in [5.74, 6) is -0.436. The quantitative estimate of drug-likeness (QED) is 0.678. The fourth-order valence-electron chi connectivity index (χ4n) is 2.61. The Hall–Kier alpha value is -3.02. The Morgan fingerprint density at radius 1 is 1.27 bits per heavy atom. The first-order valence-corrected chi connectivity index (χ1v) is 8.40. The van der Waals surface area contributed by atoms with Crippen LogP contribution in [-0.2, 0) is 0 Å². The van der Waals surface area contributed by atoms with Gasteiger partial charge in [0.2, 0.25) is 0 Å². The predicted octanol–water partition coefficient (Wildman–Crippen LogP) is 4.16. The third kappa shape index (κ3) is 3.96. The highest BCUT2D eigenvalue weighted by molar-refractivity contribution is 6.10. The molecule has 0 bridgehead atoms. The van der Waals surface area contributed by atoms with Gasteiger partial charge >= 0.3 is 0 Å². The Labute approximate surface area is 152 Å². The number of hydrogen-bond donors (Lipinski definition) is 2. The molecule has 0 aromatic carbocycles. The summed E-state index contributed by atoms with van der Waals surface area (Å²) >= 11 is 0. The summed E-state index contributed by atoms with van der Waals surface area (Å²) in [6.07, 6.45) is 9.61. The standard InChI is InChI=1S/C20H22FN5/c1-20(2,3)13-23-11-15(10-22)17-9-16(21)12-25-19(17)14-4-6-26-7-5-24-18(26)8-14/h4-12,22-23H,13H2,1-3H3/b15-11+,22-10?. The van der Waals surface area contributed by atoms with Gasteiger partial charge in [-0.1, -0.05) is 20.8 Å². The molecular formula is C20H22FN5. The van der Waals surface area contributed by atoms with Crippen LogP contribution < -0.4 is 5.32 Å². The normalized spacial score (nSPS) is 12.4. The molecule has 0 radical (unpaired) electrons. The molecular weight excluding hydrogens is 329 g/mol. The number of nitrogens with zero attached hydrogens (tertiary/aromatic N) is 3. The van der Waals surface area contributed by atoms with Crippen LogP contribution in [0.25, 0.3) is 22.5 Å². The van der Waals surface area contributed by atoms with E-state index in [1.807, 2.05) is 28.9 Å². The van der Waals surface area contributed by atoms with E-state index in [0.717, 1.165) is 17.8 Å². The summed E-state index contributed by atoms with van der Waals surface area (Å²) in [6.45, 7) is 7.09. The minimum Gasteiger partial charge on any atom is -0.390 e. The molecule has 0 saturated carbocycles. The first-order chi connectivity index (χ1) is 12.4. The predicted molar refractivity (Wildman–Crippen MR) is 103 cm³/mol. The second-order valence-electron chi connectivity index (χ2n) is 7.34. The number of nitrogens with one attached hydrogen (secondary N) is 2. The van der Waals surface area contributed by atoms with Gasteiger partial charge in [-0.3, -0.25) is 4.98 Å². The van der Waals surface area contributed by atoms with Crippen molar-refractivity contribution < 1.29 is 4.39 Å². The Bertz CT molecular complexity index is 966. The molecule has 0 aliphatic carbocycles. The zero-order chi connectivity index (χ0) is 18.7. The maximum absolute atomic E-state index is 13.9. The van der Waals surface area contributed by atoms with Crippen LogP contribution in [0, 0.1) is 16.6 Å². The van der Waals surface area contributed by atoms with Gasteiger partial charge in [-0.25, -0.2) is 9.37 Å². The second kappa shape index (κ2) is 7.07. The van der Waals surface area contributed by atoms with Crippen LogP contribution in [0.3, 0.4) is 0 Å². The van der Waals surface area contributed by atoms with Crippen LogP contribution in [0.4, 0.5) is 4.39 Å². The number of allylic oxidation sites excluding steroid dienone is 1. The average Bonchev–Trinajstić information content (AvgIpc) is 3.05. The largest absolute Gasteiger partial charge is 0.390 e. The van der Waals surface area contributed by atoms with Crippen molar-refractivity contribution in [1.82, 2.24) is 19.7 Å². The van der Waals surface area contributed by atoms with Gasteiger partial charge in [0.25, 0.3) is 0 Å². The number of halogens is 1. The summed E-state index contributed by atoms with van der Waals surface area (Å²) in [4.78, 5) is 8.56. The van der Waals surface area contributed by atoms with Crippen LogP contribution >= 0.6 is 0 Å². The smallest absolute Gasteiger partial charge is 0.142 e. The number of pyridine rings is 2. The van der Waals surface area contributed by atoms with E-state index >= 15 is 0 Å². The molecule has 0 atom stereocenters. The third-order valence-corrected chi connectivity index (χ3v) is 3.88. The van der Waals surface area contributed by atoms with Gasteiger partial charge < -0.3 is 15.1 Å². The Morgan fingerprint density at radius 2 is 2.08 bits per heavy atom. The lowest BCUT2D eigenvalue weighted by Gasteiger charge is -2.18. The molecule has 0 saturated heterocycles. The van der Waals surface area contributed by atoms with E-state index in [1.165, 1.54) is 18.5 Å². The van der Waals surface area contributed by atoms with Crippen LogP contribution in [0.15, 0.2) is 49.2 Å². The van der Waals surface area contributed by atoms with E-state index in [4.69, 9.17) is 5.41 Å². The molecule has 0 fully saturated rings. The van der Waals surface area contributed by atoms with E-state index in [1.54, 1.807) is 12.4 Å². The molecule has 0 aliphatic rings. The zero-order valence-electron chi connectivity index (χ0n) is 15.1. The van der Waals surface area contributed by atoms with E-state index in [2.05, 4.69) is 36.1 Å². The highest BCUT2D eigenvalue weighted by Gasteiger charge is 2.13. The molecule has 3 heterocycles. The summed E-state index contributed by atoms with van der Waals surface area (Å²) in [6, 6.07) is 5.21. The highest BCUT2D eigenvalue weighted by atomic mass is 19.1. The summed E-state index contributed by atoms with van der Waals surface area (Å²) in [5, 5.41) is 11.0. The SMILES string of the molecule is CC(C)(C)CN/C=C(\C=N)c1cc(F)cnc1-c1ccn2ccnc2c1. The van der Waals surface area contributed by atoms with E-state index in [0.29, 0.717) is 16.8 Å². The molecule has 3 rings (SSSR count). The fourth-order valence-corrected chi connectivity index (χ4v) is 2.61. The lowest BCUT2D eigenvalue weighted by Crippen LogP contribution is -2.23. The molecule has 0 unspecified atom stereocenters. The summed E-state index contributed by atoms with van der Waals surface area (Å²) in [5.41, 5.74) is 3.45. The van der Waals surface area contributed by atoms with Crippen molar-refractivity contribution in [1.29, 1.82) is 5.41 Å². The number of rotatable bonds is 5. The maximum Gasteiger partial charge on any atom is 0.142 e. The minimum absolute atomic E-state index is 0.0956. The molecule has 134 valence electrons. The van der Waals surface area contributed by atoms with Crippen molar-refractivity contribution in [3.63, 3.8) is 0 Å². The van der Waals surface area contributed by atoms with Crippen LogP contribution in [-0.4, -0.2) is 27.1 Å². The molecule has 0 aliphatic heterocycles. The van der Waals surface area contributed by atoms with Gasteiger partial charge in [-0.2, -0.15) is 0 Å². The molecule has 0 amide bonds. The molecule has 2 N–H and O–H groups in total. The van der Waals surface area contributed by atoms with Gasteiger partial charge in [-0.15, -0.1) is 0 Å². The van der Waals surface area contributed by atoms with Gasteiger partial charge in [0.1, 0.15) is 11.5 Å². The minimum atomic E-state index is -0.436. The van der Waals surface area contributed by atoms with Crippen molar-refractivity contribution in [2.45, 2.75) is 20.8 Å². The molecule has 3 aromatic rings. The van der Waals surface area contributed by atoms with E-state index < -0.39 is 5.82 Å². The van der Waals surface area contributed by atoms with Crippen molar-refractivity contribution in [3.05, 3.63) is 60.6 Å². The summed E-state index contributed by atoms with van der Waals surface area (Å²) in [7, 11) is 0. The van der Waals surface area contributed by atoms with Crippen LogP contribution in [0.2, 0.25) is 0 Å². The lowest BCUT2D eigenvalue weighted by atomic mass is 9.97. The Balaban J connectivity index is 2.04. The number of imidazole rings is 1. The van der Waals surface area contributed by atoms with E-state index in [9.17, 15) is 4.39 Å². The van der Waals surface area contributed by atoms with Gasteiger partial charge in [0, 0.05) is 54.2 Å². The molecule has 26 heavy (non-hydrogen) atoms. The lowest BCUT2D eigenvalue weighted by molar-refractivity contribution is 0.403. The van der Waals surface area contributed by atoms with Crippen LogP contribution in [0.1, 0.15) is 26.3 Å². The van der Waals surface area contributed by atoms with Crippen LogP contribution in [0.5, 0.6) is 0 Å². The van der Waals surface area contributed by atoms with Crippen molar-refractivity contribution >= 4 is 17.4 Å². The number of fused-ring (bicyclic) bond motifs is 1. The molecule has 6 heteroatoms. The van der Waals surface area contributed by atoms with Crippen molar-refractivity contribution in [2.24, 2.45) is 5.41 Å².